The Hall–Kier alpha value is -2.76. The number of carbonyl (C=O) groups excluding carboxylic acids is 1. The van der Waals surface area contributed by atoms with Crippen molar-refractivity contribution in [1.29, 1.82) is 0 Å². The number of rotatable bonds is 5. The first-order valence-corrected chi connectivity index (χ1v) is 8.42. The summed E-state index contributed by atoms with van der Waals surface area (Å²) in [5.74, 6) is 1.77. The second-order valence-electron chi connectivity index (χ2n) is 6.33. The Bertz CT molecular complexity index is 761. The number of carbonyl (C=O) groups is 1. The van der Waals surface area contributed by atoms with E-state index in [4.69, 9.17) is 4.74 Å². The number of amides is 2. The van der Waals surface area contributed by atoms with Gasteiger partial charge in [0, 0.05) is 14.1 Å². The van der Waals surface area contributed by atoms with Gasteiger partial charge < -0.3 is 20.3 Å². The molecule has 1 aliphatic carbocycles. The van der Waals surface area contributed by atoms with Gasteiger partial charge in [0.05, 0.1) is 25.4 Å². The van der Waals surface area contributed by atoms with Crippen molar-refractivity contribution in [3.8, 4) is 5.75 Å². The van der Waals surface area contributed by atoms with E-state index in [1.54, 1.807) is 7.11 Å². The molecule has 6 nitrogen and oxygen atoms in total. The number of urea groups is 1. The van der Waals surface area contributed by atoms with Gasteiger partial charge in [0.1, 0.15) is 11.6 Å². The zero-order valence-corrected chi connectivity index (χ0v) is 14.9. The minimum atomic E-state index is -0.183. The van der Waals surface area contributed by atoms with Crippen molar-refractivity contribution in [1.82, 2.24) is 15.6 Å². The van der Waals surface area contributed by atoms with Crippen LogP contribution in [-0.2, 0) is 13.0 Å². The third-order valence-corrected chi connectivity index (χ3v) is 4.43. The molecule has 1 aliphatic rings. The lowest BCUT2D eigenvalue weighted by Gasteiger charge is -2.16. The van der Waals surface area contributed by atoms with Crippen molar-refractivity contribution >= 4 is 11.8 Å². The summed E-state index contributed by atoms with van der Waals surface area (Å²) < 4.78 is 5.41. The number of anilines is 1. The van der Waals surface area contributed by atoms with Crippen LogP contribution >= 0.6 is 0 Å². The van der Waals surface area contributed by atoms with Crippen molar-refractivity contribution < 1.29 is 9.53 Å². The van der Waals surface area contributed by atoms with Crippen LogP contribution in [0.25, 0.3) is 0 Å². The van der Waals surface area contributed by atoms with E-state index < -0.39 is 0 Å². The molecule has 3 rings (SSSR count). The molecule has 0 saturated heterocycles. The monoisotopic (exact) mass is 340 g/mol. The summed E-state index contributed by atoms with van der Waals surface area (Å²) in [6, 6.07) is 11.6. The van der Waals surface area contributed by atoms with Gasteiger partial charge in [-0.15, -0.1) is 0 Å². The molecule has 2 N–H and O–H groups in total. The van der Waals surface area contributed by atoms with Crippen LogP contribution in [-0.4, -0.2) is 32.2 Å². The Morgan fingerprint density at radius 3 is 2.84 bits per heavy atom. The van der Waals surface area contributed by atoms with E-state index in [-0.39, 0.29) is 12.1 Å². The van der Waals surface area contributed by atoms with Crippen molar-refractivity contribution in [3.05, 3.63) is 53.2 Å². The minimum Gasteiger partial charge on any atom is -0.496 e. The predicted molar refractivity (Wildman–Crippen MR) is 98.0 cm³/mol. The summed E-state index contributed by atoms with van der Waals surface area (Å²) in [5.41, 5.74) is 3.16. The van der Waals surface area contributed by atoms with Crippen LogP contribution in [0.15, 0.2) is 36.4 Å². The number of pyridine rings is 1. The molecule has 2 aromatic rings. The third kappa shape index (κ3) is 3.84. The molecule has 132 valence electrons. The van der Waals surface area contributed by atoms with Gasteiger partial charge in [-0.05, 0) is 42.2 Å². The summed E-state index contributed by atoms with van der Waals surface area (Å²) in [4.78, 5) is 18.7. The van der Waals surface area contributed by atoms with Crippen LogP contribution in [0, 0.1) is 0 Å². The summed E-state index contributed by atoms with van der Waals surface area (Å²) in [5, 5.41) is 5.94. The van der Waals surface area contributed by atoms with E-state index in [9.17, 15) is 4.79 Å². The Morgan fingerprint density at radius 1 is 1.28 bits per heavy atom. The van der Waals surface area contributed by atoms with Crippen LogP contribution in [0.5, 0.6) is 5.75 Å². The van der Waals surface area contributed by atoms with Crippen LogP contribution in [0.3, 0.4) is 0 Å². The molecule has 1 heterocycles. The highest BCUT2D eigenvalue weighted by Gasteiger charge is 2.26. The van der Waals surface area contributed by atoms with E-state index in [1.165, 1.54) is 5.56 Å². The van der Waals surface area contributed by atoms with Crippen molar-refractivity contribution in [2.24, 2.45) is 0 Å². The average Bonchev–Trinajstić information content (AvgIpc) is 3.03. The van der Waals surface area contributed by atoms with Gasteiger partial charge >= 0.3 is 6.03 Å². The molecule has 0 radical (unpaired) electrons. The fourth-order valence-electron chi connectivity index (χ4n) is 3.16. The molecule has 0 bridgehead atoms. The first-order chi connectivity index (χ1) is 12.1. The van der Waals surface area contributed by atoms with E-state index in [2.05, 4.69) is 21.7 Å². The molecule has 0 aliphatic heterocycles. The number of aromatic nitrogens is 1. The van der Waals surface area contributed by atoms with Crippen molar-refractivity contribution in [3.63, 3.8) is 0 Å². The maximum absolute atomic E-state index is 12.3. The molecule has 0 unspecified atom stereocenters. The normalized spacial score (nSPS) is 15.4. The van der Waals surface area contributed by atoms with Gasteiger partial charge in [-0.25, -0.2) is 9.78 Å². The summed E-state index contributed by atoms with van der Waals surface area (Å²) in [7, 11) is 5.56. The molecule has 2 amide bonds. The molecule has 6 heteroatoms. The molecular formula is C19H24N4O2. The first kappa shape index (κ1) is 17.1. The molecule has 1 atom stereocenters. The van der Waals surface area contributed by atoms with Gasteiger partial charge in [-0.1, -0.05) is 18.2 Å². The maximum Gasteiger partial charge on any atom is 0.315 e. The number of nitrogens with zero attached hydrogens (tertiary/aromatic N) is 2. The molecule has 1 aromatic carbocycles. The van der Waals surface area contributed by atoms with Gasteiger partial charge in [0.15, 0.2) is 0 Å². The van der Waals surface area contributed by atoms with E-state index >= 15 is 0 Å². The fourth-order valence-corrected chi connectivity index (χ4v) is 3.16. The van der Waals surface area contributed by atoms with E-state index in [0.29, 0.717) is 6.54 Å². The highest BCUT2D eigenvalue weighted by molar-refractivity contribution is 5.74. The molecular weight excluding hydrogens is 316 g/mol. The molecule has 0 spiro atoms. The summed E-state index contributed by atoms with van der Waals surface area (Å²) in [6.45, 7) is 0.394. The van der Waals surface area contributed by atoms with Gasteiger partial charge in [0.2, 0.25) is 0 Å². The zero-order valence-electron chi connectivity index (χ0n) is 14.9. The van der Waals surface area contributed by atoms with Crippen molar-refractivity contribution in [2.45, 2.75) is 25.4 Å². The lowest BCUT2D eigenvalue weighted by molar-refractivity contribution is 0.236. The third-order valence-electron chi connectivity index (χ3n) is 4.43. The topological polar surface area (TPSA) is 66.5 Å². The van der Waals surface area contributed by atoms with Crippen molar-refractivity contribution in [2.75, 3.05) is 26.1 Å². The Labute approximate surface area is 148 Å². The number of methoxy groups -OCH3 is 1. The number of ether oxygens (including phenoxy) is 1. The number of hydrogen-bond donors (Lipinski definition) is 2. The van der Waals surface area contributed by atoms with E-state index in [1.807, 2.05) is 49.3 Å². The van der Waals surface area contributed by atoms with Gasteiger partial charge in [-0.3, -0.25) is 0 Å². The number of fused-ring (bicyclic) bond motifs is 1. The molecule has 0 saturated carbocycles. The lowest BCUT2D eigenvalue weighted by atomic mass is 10.1. The van der Waals surface area contributed by atoms with Crippen LogP contribution in [0.4, 0.5) is 10.6 Å². The van der Waals surface area contributed by atoms with E-state index in [0.717, 1.165) is 35.7 Å². The highest BCUT2D eigenvalue weighted by Crippen LogP contribution is 2.36. The Kier molecular flexibility index (Phi) is 5.07. The smallest absolute Gasteiger partial charge is 0.315 e. The summed E-state index contributed by atoms with van der Waals surface area (Å²) in [6.07, 6.45) is 1.80. The SMILES string of the molecule is COc1cccc2c1CC[C@H]2NC(=O)NCc1cccc(N(C)C)n1. The maximum atomic E-state index is 12.3. The van der Waals surface area contributed by atoms with Gasteiger partial charge in [-0.2, -0.15) is 0 Å². The number of hydrogen-bond acceptors (Lipinski definition) is 4. The zero-order chi connectivity index (χ0) is 17.8. The second-order valence-corrected chi connectivity index (χ2v) is 6.33. The van der Waals surface area contributed by atoms with Crippen LogP contribution in [0.2, 0.25) is 0 Å². The summed E-state index contributed by atoms with van der Waals surface area (Å²) >= 11 is 0. The predicted octanol–water partition coefficient (Wildman–Crippen LogP) is 2.64. The average molecular weight is 340 g/mol. The largest absolute Gasteiger partial charge is 0.496 e. The minimum absolute atomic E-state index is 0.0196. The Morgan fingerprint density at radius 2 is 2.08 bits per heavy atom. The quantitative estimate of drug-likeness (QED) is 0.878. The standard InChI is InChI=1S/C19H24N4O2/c1-23(2)18-9-4-6-13(21-18)12-20-19(24)22-16-11-10-15-14(16)7-5-8-17(15)25-3/h4-9,16H,10-12H2,1-3H3,(H2,20,22,24)/t16-/m1/s1. The van der Waals surface area contributed by atoms with Crippen LogP contribution in [0.1, 0.15) is 29.3 Å². The highest BCUT2D eigenvalue weighted by atomic mass is 16.5. The first-order valence-electron chi connectivity index (χ1n) is 8.42. The van der Waals surface area contributed by atoms with Crippen LogP contribution < -0.4 is 20.3 Å². The fraction of sp³-hybridized carbons (Fsp3) is 0.368. The number of nitrogens with one attached hydrogen (secondary N) is 2. The molecule has 25 heavy (non-hydrogen) atoms. The molecule has 0 fully saturated rings. The van der Waals surface area contributed by atoms with Gasteiger partial charge in [0.25, 0.3) is 0 Å². The Balaban J connectivity index is 1.59. The second kappa shape index (κ2) is 7.42. The molecule has 1 aromatic heterocycles. The lowest BCUT2D eigenvalue weighted by Crippen LogP contribution is -2.37. The number of benzene rings is 1.